The zero-order chi connectivity index (χ0) is 20.0. The molecule has 0 spiro atoms. The van der Waals surface area contributed by atoms with Crippen molar-refractivity contribution in [3.63, 3.8) is 0 Å². The monoisotopic (exact) mass is 387 g/mol. The third kappa shape index (κ3) is 3.23. The van der Waals surface area contributed by atoms with Crippen LogP contribution < -0.4 is 9.47 Å². The number of allylic oxidation sites excluding steroid dienone is 1. The fraction of sp³-hybridized carbons (Fsp3) is 0.208. The first-order valence-electron chi connectivity index (χ1n) is 9.63. The van der Waals surface area contributed by atoms with E-state index in [2.05, 4.69) is 4.90 Å². The average Bonchev–Trinajstić information content (AvgIpc) is 3.31. The van der Waals surface area contributed by atoms with Crippen molar-refractivity contribution in [3.8, 4) is 11.5 Å². The molecule has 2 aliphatic heterocycles. The van der Waals surface area contributed by atoms with Crippen molar-refractivity contribution in [1.82, 2.24) is 4.90 Å². The molecule has 0 aliphatic carbocycles. The maximum absolute atomic E-state index is 13.0. The first-order valence-corrected chi connectivity index (χ1v) is 9.63. The maximum atomic E-state index is 13.0. The lowest BCUT2D eigenvalue weighted by Crippen LogP contribution is -2.31. The fourth-order valence-corrected chi connectivity index (χ4v) is 3.93. The third-order valence-corrected chi connectivity index (χ3v) is 5.30. The second kappa shape index (κ2) is 6.94. The number of fused-ring (bicyclic) bond motifs is 2. The molecule has 0 bridgehead atoms. The number of hydrogen-bond donors (Lipinski definition) is 0. The number of nitrogens with zero attached hydrogens (tertiary/aromatic N) is 1. The van der Waals surface area contributed by atoms with Gasteiger partial charge in [0.15, 0.2) is 5.76 Å². The van der Waals surface area contributed by atoms with Gasteiger partial charge in [-0.25, -0.2) is 0 Å². The predicted molar refractivity (Wildman–Crippen MR) is 109 cm³/mol. The van der Waals surface area contributed by atoms with E-state index in [4.69, 9.17) is 13.9 Å². The molecule has 3 aromatic rings. The summed E-state index contributed by atoms with van der Waals surface area (Å²) in [5.74, 6) is 2.56. The average molecular weight is 387 g/mol. The highest BCUT2D eigenvalue weighted by atomic mass is 16.5. The molecular formula is C24H21NO4. The van der Waals surface area contributed by atoms with Crippen LogP contribution in [0.15, 0.2) is 58.9 Å². The molecule has 0 atom stereocenters. The third-order valence-electron chi connectivity index (χ3n) is 5.30. The van der Waals surface area contributed by atoms with Gasteiger partial charge in [-0.05, 0) is 43.7 Å². The van der Waals surface area contributed by atoms with E-state index in [9.17, 15) is 4.79 Å². The Kier molecular flexibility index (Phi) is 4.25. The zero-order valence-electron chi connectivity index (χ0n) is 16.4. The van der Waals surface area contributed by atoms with E-state index >= 15 is 0 Å². The van der Waals surface area contributed by atoms with E-state index in [-0.39, 0.29) is 5.78 Å². The van der Waals surface area contributed by atoms with Crippen LogP contribution in [0.5, 0.6) is 11.5 Å². The lowest BCUT2D eigenvalue weighted by Gasteiger charge is -2.29. The number of Topliss-reactive ketones (excluding diaryl/α,β-unsaturated/α-hetero) is 1. The fourth-order valence-electron chi connectivity index (χ4n) is 3.93. The van der Waals surface area contributed by atoms with Gasteiger partial charge in [0, 0.05) is 17.7 Å². The molecule has 5 heteroatoms. The van der Waals surface area contributed by atoms with Crippen molar-refractivity contribution < 1.29 is 18.7 Å². The molecule has 29 heavy (non-hydrogen) atoms. The molecule has 1 aromatic heterocycles. The van der Waals surface area contributed by atoms with Gasteiger partial charge in [0.25, 0.3) is 0 Å². The van der Waals surface area contributed by atoms with Gasteiger partial charge in [0.1, 0.15) is 24.0 Å². The second-order valence-corrected chi connectivity index (χ2v) is 7.56. The molecular weight excluding hydrogens is 366 g/mol. The summed E-state index contributed by atoms with van der Waals surface area (Å²) in [4.78, 5) is 15.1. The molecule has 5 nitrogen and oxygen atoms in total. The zero-order valence-corrected chi connectivity index (χ0v) is 16.4. The van der Waals surface area contributed by atoms with Gasteiger partial charge in [-0.1, -0.05) is 29.8 Å². The van der Waals surface area contributed by atoms with E-state index in [1.165, 1.54) is 0 Å². The Bertz CT molecular complexity index is 1130. The Morgan fingerprint density at radius 1 is 1.10 bits per heavy atom. The highest BCUT2D eigenvalue weighted by Gasteiger charge is 2.33. The number of furan rings is 1. The Morgan fingerprint density at radius 2 is 2.00 bits per heavy atom. The standard InChI is InChI=1S/C24H21NO4/c1-15-5-3-6-17(9-15)10-21-22(26)20-11-18-12-25(13-19-7-4-8-27-19)14-28-23(18)16(2)24(20)29-21/h3-11H,12-14H2,1-2H3/b21-10-. The minimum absolute atomic E-state index is 0.0874. The SMILES string of the molecule is Cc1cccc(/C=C2\Oc3c(cc4c(c3C)OCN(Cc3ccco3)C4)C2=O)c1. The molecule has 5 rings (SSSR count). The van der Waals surface area contributed by atoms with Crippen molar-refractivity contribution in [2.24, 2.45) is 0 Å². The first-order chi connectivity index (χ1) is 14.1. The van der Waals surface area contributed by atoms with E-state index in [0.29, 0.717) is 36.9 Å². The molecule has 2 aliphatic rings. The summed E-state index contributed by atoms with van der Waals surface area (Å²) in [7, 11) is 0. The molecule has 0 N–H and O–H groups in total. The number of hydrogen-bond acceptors (Lipinski definition) is 5. The summed E-state index contributed by atoms with van der Waals surface area (Å²) in [6.45, 7) is 5.79. The van der Waals surface area contributed by atoms with E-state index in [1.807, 2.05) is 56.3 Å². The quantitative estimate of drug-likeness (QED) is 0.601. The maximum Gasteiger partial charge on any atom is 0.231 e. The smallest absolute Gasteiger partial charge is 0.231 e. The van der Waals surface area contributed by atoms with Crippen molar-refractivity contribution >= 4 is 11.9 Å². The van der Waals surface area contributed by atoms with Crippen LogP contribution in [0, 0.1) is 13.8 Å². The van der Waals surface area contributed by atoms with Crippen molar-refractivity contribution in [2.75, 3.05) is 6.73 Å². The Balaban J connectivity index is 1.45. The van der Waals surface area contributed by atoms with Gasteiger partial charge in [-0.3, -0.25) is 9.69 Å². The van der Waals surface area contributed by atoms with Gasteiger partial charge in [0.05, 0.1) is 18.4 Å². The van der Waals surface area contributed by atoms with Crippen LogP contribution in [0.1, 0.15) is 38.4 Å². The number of aryl methyl sites for hydroxylation is 1. The first kappa shape index (κ1) is 17.8. The highest BCUT2D eigenvalue weighted by molar-refractivity contribution is 6.15. The van der Waals surface area contributed by atoms with Gasteiger partial charge in [-0.15, -0.1) is 0 Å². The predicted octanol–water partition coefficient (Wildman–Crippen LogP) is 4.86. The van der Waals surface area contributed by atoms with Crippen molar-refractivity contribution in [3.05, 3.63) is 88.1 Å². The summed E-state index contributed by atoms with van der Waals surface area (Å²) >= 11 is 0. The summed E-state index contributed by atoms with van der Waals surface area (Å²) in [6, 6.07) is 13.7. The topological polar surface area (TPSA) is 51.9 Å². The van der Waals surface area contributed by atoms with Crippen LogP contribution in [0.2, 0.25) is 0 Å². The second-order valence-electron chi connectivity index (χ2n) is 7.56. The van der Waals surface area contributed by atoms with Gasteiger partial charge < -0.3 is 13.9 Å². The van der Waals surface area contributed by atoms with Crippen LogP contribution in [0.25, 0.3) is 6.08 Å². The summed E-state index contributed by atoms with van der Waals surface area (Å²) in [5, 5.41) is 0. The Morgan fingerprint density at radius 3 is 2.79 bits per heavy atom. The Hall–Kier alpha value is -3.31. The molecule has 0 saturated heterocycles. The largest absolute Gasteiger partial charge is 0.477 e. The molecule has 0 radical (unpaired) electrons. The lowest BCUT2D eigenvalue weighted by atomic mass is 10.00. The van der Waals surface area contributed by atoms with E-state index in [1.54, 1.807) is 12.3 Å². The minimum Gasteiger partial charge on any atom is -0.477 e. The van der Waals surface area contributed by atoms with Gasteiger partial charge >= 0.3 is 0 Å². The molecule has 0 unspecified atom stereocenters. The van der Waals surface area contributed by atoms with Gasteiger partial charge in [0.2, 0.25) is 5.78 Å². The normalized spacial score (nSPS) is 17.0. The Labute approximate surface area is 169 Å². The number of rotatable bonds is 3. The summed E-state index contributed by atoms with van der Waals surface area (Å²) < 4.78 is 17.4. The van der Waals surface area contributed by atoms with Gasteiger partial charge in [-0.2, -0.15) is 0 Å². The van der Waals surface area contributed by atoms with Crippen LogP contribution in [0.4, 0.5) is 0 Å². The van der Waals surface area contributed by atoms with E-state index in [0.717, 1.165) is 33.8 Å². The molecule has 2 aromatic carbocycles. The van der Waals surface area contributed by atoms with Crippen LogP contribution in [-0.2, 0) is 13.1 Å². The number of carbonyl (C=O) groups is 1. The van der Waals surface area contributed by atoms with E-state index < -0.39 is 0 Å². The lowest BCUT2D eigenvalue weighted by molar-refractivity contribution is 0.0813. The molecule has 0 fully saturated rings. The molecule has 146 valence electrons. The summed E-state index contributed by atoms with van der Waals surface area (Å²) in [6.07, 6.45) is 3.47. The number of carbonyl (C=O) groups excluding carboxylic acids is 1. The van der Waals surface area contributed by atoms with Crippen LogP contribution in [0.3, 0.4) is 0 Å². The molecule has 0 amide bonds. The van der Waals surface area contributed by atoms with Crippen LogP contribution >= 0.6 is 0 Å². The minimum atomic E-state index is -0.0874. The summed E-state index contributed by atoms with van der Waals surface area (Å²) in [5.41, 5.74) is 4.55. The van der Waals surface area contributed by atoms with Crippen molar-refractivity contribution in [2.45, 2.75) is 26.9 Å². The molecule has 3 heterocycles. The number of ether oxygens (including phenoxy) is 2. The molecule has 0 saturated carbocycles. The number of benzene rings is 2. The van der Waals surface area contributed by atoms with Crippen LogP contribution in [-0.4, -0.2) is 17.4 Å². The number of ketones is 1. The van der Waals surface area contributed by atoms with Crippen molar-refractivity contribution in [1.29, 1.82) is 0 Å². The highest BCUT2D eigenvalue weighted by Crippen LogP contribution is 2.43.